The molecule has 2 rings (SSSR count). The Kier molecular flexibility index (Phi) is 3.16. The maximum Gasteiger partial charge on any atom is 0.0712 e. The molecule has 5 heteroatoms. The fraction of sp³-hybridized carbons (Fsp3) is 0.273. The highest BCUT2D eigenvalue weighted by Gasteiger charge is 2.07. The summed E-state index contributed by atoms with van der Waals surface area (Å²) in [5.74, 6) is 0. The fourth-order valence-corrected chi connectivity index (χ4v) is 1.62. The molecule has 0 aromatic carbocycles. The maximum absolute atomic E-state index is 9.20. The van der Waals surface area contributed by atoms with Gasteiger partial charge >= 0.3 is 0 Å². The summed E-state index contributed by atoms with van der Waals surface area (Å²) in [6.45, 7) is 0.395. The predicted molar refractivity (Wildman–Crippen MR) is 58.9 cm³/mol. The van der Waals surface area contributed by atoms with Crippen LogP contribution in [0.3, 0.4) is 0 Å². The van der Waals surface area contributed by atoms with Crippen molar-refractivity contribution in [1.29, 1.82) is 0 Å². The molecule has 16 heavy (non-hydrogen) atoms. The van der Waals surface area contributed by atoms with Crippen LogP contribution in [-0.2, 0) is 19.4 Å². The second kappa shape index (κ2) is 4.76. The van der Waals surface area contributed by atoms with Gasteiger partial charge in [-0.05, 0) is 30.5 Å². The Balaban J connectivity index is 2.04. The molecule has 84 valence electrons. The summed E-state index contributed by atoms with van der Waals surface area (Å²) in [4.78, 5) is 4.78. The number of rotatable bonds is 4. The van der Waals surface area contributed by atoms with Crippen LogP contribution in [-0.4, -0.2) is 20.1 Å². The Bertz CT molecular complexity index is 452. The standard InChI is InChI=1S/C11H14N4O/c12-7-10-8-15(16)14-11(10)2-1-9-3-5-13-6-4-9/h3-6,8,16H,1-2,7,12H2. The van der Waals surface area contributed by atoms with Crippen LogP contribution in [0.4, 0.5) is 0 Å². The van der Waals surface area contributed by atoms with Crippen molar-refractivity contribution in [3.63, 3.8) is 0 Å². The molecular formula is C11H14N4O. The second-order valence-corrected chi connectivity index (χ2v) is 3.58. The lowest BCUT2D eigenvalue weighted by Gasteiger charge is -2.00. The summed E-state index contributed by atoms with van der Waals surface area (Å²) in [7, 11) is 0. The Morgan fingerprint density at radius 3 is 2.69 bits per heavy atom. The molecule has 0 bridgehead atoms. The first-order chi connectivity index (χ1) is 7.79. The second-order valence-electron chi connectivity index (χ2n) is 3.58. The van der Waals surface area contributed by atoms with Gasteiger partial charge in [0, 0.05) is 24.5 Å². The van der Waals surface area contributed by atoms with Gasteiger partial charge in [-0.15, -0.1) is 9.94 Å². The predicted octanol–water partition coefficient (Wildman–Crippen LogP) is 0.759. The average Bonchev–Trinajstić information content (AvgIpc) is 2.68. The number of pyridine rings is 1. The number of hydrogen-bond donors (Lipinski definition) is 2. The van der Waals surface area contributed by atoms with E-state index in [0.717, 1.165) is 28.9 Å². The Hall–Kier alpha value is -1.88. The molecule has 0 spiro atoms. The minimum Gasteiger partial charge on any atom is -0.412 e. The van der Waals surface area contributed by atoms with E-state index in [0.29, 0.717) is 6.54 Å². The van der Waals surface area contributed by atoms with Gasteiger partial charge in [0.05, 0.1) is 11.9 Å². The van der Waals surface area contributed by atoms with Crippen LogP contribution in [0.5, 0.6) is 0 Å². The fourth-order valence-electron chi connectivity index (χ4n) is 1.62. The van der Waals surface area contributed by atoms with Gasteiger partial charge in [-0.1, -0.05) is 0 Å². The highest BCUT2D eigenvalue weighted by atomic mass is 16.5. The Morgan fingerprint density at radius 2 is 2.00 bits per heavy atom. The van der Waals surface area contributed by atoms with E-state index in [4.69, 9.17) is 5.73 Å². The zero-order chi connectivity index (χ0) is 11.4. The third-order valence-electron chi connectivity index (χ3n) is 2.48. The molecule has 0 radical (unpaired) electrons. The number of nitrogens with two attached hydrogens (primary N) is 1. The van der Waals surface area contributed by atoms with Gasteiger partial charge in [0.25, 0.3) is 0 Å². The smallest absolute Gasteiger partial charge is 0.0712 e. The van der Waals surface area contributed by atoms with Gasteiger partial charge in [-0.2, -0.15) is 0 Å². The SMILES string of the molecule is NCc1cn(O)nc1CCc1ccncc1. The van der Waals surface area contributed by atoms with Gasteiger partial charge < -0.3 is 10.9 Å². The highest BCUT2D eigenvalue weighted by Crippen LogP contribution is 2.09. The third kappa shape index (κ3) is 2.38. The van der Waals surface area contributed by atoms with Crippen LogP contribution < -0.4 is 5.73 Å². The largest absolute Gasteiger partial charge is 0.412 e. The minimum atomic E-state index is 0.395. The molecule has 0 unspecified atom stereocenters. The summed E-state index contributed by atoms with van der Waals surface area (Å²) in [6.07, 6.45) is 6.71. The van der Waals surface area contributed by atoms with Crippen LogP contribution in [0.15, 0.2) is 30.7 Å². The Labute approximate surface area is 93.5 Å². The zero-order valence-corrected chi connectivity index (χ0v) is 8.87. The molecule has 0 saturated carbocycles. The van der Waals surface area contributed by atoms with Crippen LogP contribution >= 0.6 is 0 Å². The van der Waals surface area contributed by atoms with Gasteiger partial charge in [0.1, 0.15) is 0 Å². The van der Waals surface area contributed by atoms with E-state index >= 15 is 0 Å². The zero-order valence-electron chi connectivity index (χ0n) is 8.87. The number of aromatic nitrogens is 3. The van der Waals surface area contributed by atoms with Gasteiger partial charge in [-0.3, -0.25) is 4.98 Å². The van der Waals surface area contributed by atoms with E-state index in [2.05, 4.69) is 10.1 Å². The molecule has 0 saturated heterocycles. The average molecular weight is 218 g/mol. The lowest BCUT2D eigenvalue weighted by Crippen LogP contribution is -2.01. The van der Waals surface area contributed by atoms with Crippen LogP contribution in [0.1, 0.15) is 16.8 Å². The molecule has 0 amide bonds. The van der Waals surface area contributed by atoms with Crippen molar-refractivity contribution in [1.82, 2.24) is 14.9 Å². The summed E-state index contributed by atoms with van der Waals surface area (Å²) < 4.78 is 0. The van der Waals surface area contributed by atoms with E-state index in [9.17, 15) is 5.21 Å². The normalized spacial score (nSPS) is 10.6. The van der Waals surface area contributed by atoms with E-state index in [-0.39, 0.29) is 0 Å². The van der Waals surface area contributed by atoms with Crippen LogP contribution in [0.25, 0.3) is 0 Å². The summed E-state index contributed by atoms with van der Waals surface area (Å²) in [5, 5.41) is 13.2. The van der Waals surface area contributed by atoms with E-state index in [1.165, 1.54) is 5.56 Å². The number of aryl methyl sites for hydroxylation is 2. The lowest BCUT2D eigenvalue weighted by molar-refractivity contribution is 0.147. The molecule has 2 heterocycles. The lowest BCUT2D eigenvalue weighted by atomic mass is 10.1. The van der Waals surface area contributed by atoms with Crippen LogP contribution in [0.2, 0.25) is 0 Å². The van der Waals surface area contributed by atoms with E-state index < -0.39 is 0 Å². The topological polar surface area (TPSA) is 77.0 Å². The van der Waals surface area contributed by atoms with Crippen molar-refractivity contribution in [2.45, 2.75) is 19.4 Å². The Morgan fingerprint density at radius 1 is 1.25 bits per heavy atom. The molecule has 0 aliphatic heterocycles. The highest BCUT2D eigenvalue weighted by molar-refractivity contribution is 5.19. The van der Waals surface area contributed by atoms with Gasteiger partial charge in [0.15, 0.2) is 0 Å². The molecule has 3 N–H and O–H groups in total. The van der Waals surface area contributed by atoms with E-state index in [1.54, 1.807) is 18.6 Å². The first kappa shape index (κ1) is 10.6. The summed E-state index contributed by atoms with van der Waals surface area (Å²) in [5.41, 5.74) is 8.49. The maximum atomic E-state index is 9.20. The van der Waals surface area contributed by atoms with Gasteiger partial charge in [-0.25, -0.2) is 0 Å². The molecule has 2 aromatic heterocycles. The molecular weight excluding hydrogens is 204 g/mol. The quantitative estimate of drug-likeness (QED) is 0.743. The molecule has 2 aromatic rings. The monoisotopic (exact) mass is 218 g/mol. The minimum absolute atomic E-state index is 0.395. The first-order valence-electron chi connectivity index (χ1n) is 5.15. The molecule has 0 fully saturated rings. The van der Waals surface area contributed by atoms with Crippen LogP contribution in [0, 0.1) is 0 Å². The van der Waals surface area contributed by atoms with Crippen molar-refractivity contribution in [3.8, 4) is 0 Å². The first-order valence-corrected chi connectivity index (χ1v) is 5.15. The van der Waals surface area contributed by atoms with Crippen molar-refractivity contribution in [3.05, 3.63) is 47.5 Å². The van der Waals surface area contributed by atoms with Crippen molar-refractivity contribution in [2.75, 3.05) is 0 Å². The van der Waals surface area contributed by atoms with Crippen molar-refractivity contribution in [2.24, 2.45) is 5.73 Å². The molecule has 5 nitrogen and oxygen atoms in total. The number of nitrogens with zero attached hydrogens (tertiary/aromatic N) is 3. The third-order valence-corrected chi connectivity index (χ3v) is 2.48. The molecule has 0 aliphatic carbocycles. The number of hydrogen-bond acceptors (Lipinski definition) is 4. The summed E-state index contributed by atoms with van der Waals surface area (Å²) in [6, 6.07) is 3.94. The summed E-state index contributed by atoms with van der Waals surface area (Å²) >= 11 is 0. The van der Waals surface area contributed by atoms with E-state index in [1.807, 2.05) is 12.1 Å². The molecule has 0 aliphatic rings. The molecule has 0 atom stereocenters. The van der Waals surface area contributed by atoms with Crippen molar-refractivity contribution >= 4 is 0 Å². The van der Waals surface area contributed by atoms with Gasteiger partial charge in [0.2, 0.25) is 0 Å². The van der Waals surface area contributed by atoms with Crippen molar-refractivity contribution < 1.29 is 5.21 Å².